The highest BCUT2D eigenvalue weighted by molar-refractivity contribution is 5.59. The predicted octanol–water partition coefficient (Wildman–Crippen LogP) is 2.80. The van der Waals surface area contributed by atoms with Gasteiger partial charge < -0.3 is 15.4 Å². The van der Waals surface area contributed by atoms with Crippen molar-refractivity contribution in [1.29, 1.82) is 0 Å². The number of hydrogen-bond acceptors (Lipinski definition) is 5. The molecular formula is C13H15FN4O. The highest BCUT2D eigenvalue weighted by Gasteiger charge is 2.04. The Kier molecular flexibility index (Phi) is 4.12. The second-order valence-electron chi connectivity index (χ2n) is 3.77. The summed E-state index contributed by atoms with van der Waals surface area (Å²) in [6.45, 7) is 2.71. The quantitative estimate of drug-likeness (QED) is 0.867. The van der Waals surface area contributed by atoms with Crippen LogP contribution in [-0.2, 0) is 0 Å². The number of ether oxygens (including phenoxy) is 1. The van der Waals surface area contributed by atoms with Crippen molar-refractivity contribution in [3.8, 4) is 5.75 Å². The Morgan fingerprint density at radius 3 is 2.89 bits per heavy atom. The first-order chi connectivity index (χ1) is 9.22. The number of aromatic nitrogens is 2. The fourth-order valence-electron chi connectivity index (χ4n) is 1.56. The summed E-state index contributed by atoms with van der Waals surface area (Å²) in [5.41, 5.74) is 0.694. The first kappa shape index (κ1) is 13.1. The van der Waals surface area contributed by atoms with Crippen molar-refractivity contribution < 1.29 is 9.13 Å². The van der Waals surface area contributed by atoms with E-state index in [1.165, 1.54) is 13.2 Å². The van der Waals surface area contributed by atoms with E-state index in [-0.39, 0.29) is 5.75 Å². The number of anilines is 3. The van der Waals surface area contributed by atoms with E-state index in [0.29, 0.717) is 17.5 Å². The zero-order valence-electron chi connectivity index (χ0n) is 10.8. The maximum atomic E-state index is 13.3. The molecule has 0 aliphatic carbocycles. The van der Waals surface area contributed by atoms with E-state index in [9.17, 15) is 4.39 Å². The van der Waals surface area contributed by atoms with Crippen LogP contribution in [0.4, 0.5) is 21.8 Å². The molecule has 1 aromatic carbocycles. The second kappa shape index (κ2) is 5.99. The lowest BCUT2D eigenvalue weighted by Gasteiger charge is -2.09. The third-order valence-corrected chi connectivity index (χ3v) is 2.41. The summed E-state index contributed by atoms with van der Waals surface area (Å²) >= 11 is 0. The van der Waals surface area contributed by atoms with E-state index in [4.69, 9.17) is 4.74 Å². The Labute approximate surface area is 110 Å². The van der Waals surface area contributed by atoms with Gasteiger partial charge in [-0.2, -0.15) is 4.98 Å². The van der Waals surface area contributed by atoms with Crippen LogP contribution in [0.3, 0.4) is 0 Å². The lowest BCUT2D eigenvalue weighted by Crippen LogP contribution is -2.03. The van der Waals surface area contributed by atoms with E-state index in [1.54, 1.807) is 24.4 Å². The number of halogens is 1. The average molecular weight is 262 g/mol. The minimum Gasteiger partial charge on any atom is -0.494 e. The van der Waals surface area contributed by atoms with Crippen LogP contribution in [0, 0.1) is 5.82 Å². The van der Waals surface area contributed by atoms with Gasteiger partial charge >= 0.3 is 0 Å². The van der Waals surface area contributed by atoms with Crippen LogP contribution < -0.4 is 15.4 Å². The molecule has 0 aliphatic rings. The van der Waals surface area contributed by atoms with Crippen molar-refractivity contribution in [3.63, 3.8) is 0 Å². The first-order valence-electron chi connectivity index (χ1n) is 5.90. The van der Waals surface area contributed by atoms with Gasteiger partial charge in [0.2, 0.25) is 5.95 Å². The maximum Gasteiger partial charge on any atom is 0.224 e. The van der Waals surface area contributed by atoms with Crippen LogP contribution in [0.1, 0.15) is 6.92 Å². The lowest BCUT2D eigenvalue weighted by molar-refractivity contribution is 0.387. The third-order valence-electron chi connectivity index (χ3n) is 2.41. The molecule has 0 atom stereocenters. The zero-order chi connectivity index (χ0) is 13.7. The Balaban J connectivity index is 2.18. The first-order valence-corrected chi connectivity index (χ1v) is 5.90. The molecular weight excluding hydrogens is 247 g/mol. The Morgan fingerprint density at radius 1 is 1.32 bits per heavy atom. The molecule has 5 nitrogen and oxygen atoms in total. The molecule has 0 saturated heterocycles. The highest BCUT2D eigenvalue weighted by atomic mass is 19.1. The fraction of sp³-hybridized carbons (Fsp3) is 0.231. The maximum absolute atomic E-state index is 13.3. The molecule has 1 heterocycles. The fourth-order valence-corrected chi connectivity index (χ4v) is 1.56. The van der Waals surface area contributed by atoms with Crippen LogP contribution in [0.5, 0.6) is 5.75 Å². The normalized spacial score (nSPS) is 10.1. The van der Waals surface area contributed by atoms with E-state index in [2.05, 4.69) is 20.6 Å². The van der Waals surface area contributed by atoms with Gasteiger partial charge in [-0.05, 0) is 25.1 Å². The molecule has 2 N–H and O–H groups in total. The molecule has 0 spiro atoms. The summed E-state index contributed by atoms with van der Waals surface area (Å²) in [5.74, 6) is 0.955. The molecule has 19 heavy (non-hydrogen) atoms. The van der Waals surface area contributed by atoms with Crippen LogP contribution in [0.15, 0.2) is 30.5 Å². The van der Waals surface area contributed by atoms with Gasteiger partial charge in [-0.15, -0.1) is 0 Å². The summed E-state index contributed by atoms with van der Waals surface area (Å²) < 4.78 is 18.2. The van der Waals surface area contributed by atoms with Crippen LogP contribution in [0.2, 0.25) is 0 Å². The van der Waals surface area contributed by atoms with Crippen molar-refractivity contribution in [2.45, 2.75) is 6.92 Å². The largest absolute Gasteiger partial charge is 0.494 e. The average Bonchev–Trinajstić information content (AvgIpc) is 2.42. The molecule has 6 heteroatoms. The van der Waals surface area contributed by atoms with Crippen molar-refractivity contribution in [2.75, 3.05) is 24.3 Å². The molecule has 2 aromatic rings. The van der Waals surface area contributed by atoms with Gasteiger partial charge in [0.05, 0.1) is 7.11 Å². The summed E-state index contributed by atoms with van der Waals surface area (Å²) in [4.78, 5) is 8.34. The smallest absolute Gasteiger partial charge is 0.224 e. The number of benzene rings is 1. The van der Waals surface area contributed by atoms with E-state index >= 15 is 0 Å². The molecule has 0 saturated carbocycles. The molecule has 2 rings (SSSR count). The van der Waals surface area contributed by atoms with Gasteiger partial charge in [-0.1, -0.05) is 0 Å². The number of methoxy groups -OCH3 is 1. The van der Waals surface area contributed by atoms with Gasteiger partial charge in [0, 0.05) is 24.5 Å². The monoisotopic (exact) mass is 262 g/mol. The Bertz CT molecular complexity index is 562. The van der Waals surface area contributed by atoms with Crippen LogP contribution in [0.25, 0.3) is 0 Å². The van der Waals surface area contributed by atoms with Crippen molar-refractivity contribution >= 4 is 17.5 Å². The molecule has 0 amide bonds. The summed E-state index contributed by atoms with van der Waals surface area (Å²) in [7, 11) is 1.43. The highest BCUT2D eigenvalue weighted by Crippen LogP contribution is 2.23. The number of nitrogens with one attached hydrogen (secondary N) is 2. The molecule has 0 aliphatic heterocycles. The van der Waals surface area contributed by atoms with Crippen molar-refractivity contribution in [3.05, 3.63) is 36.3 Å². The minimum absolute atomic E-state index is 0.186. The minimum atomic E-state index is -0.399. The predicted molar refractivity (Wildman–Crippen MR) is 72.4 cm³/mol. The number of nitrogens with zero attached hydrogens (tertiary/aromatic N) is 2. The molecule has 0 fully saturated rings. The van der Waals surface area contributed by atoms with Gasteiger partial charge in [-0.25, -0.2) is 9.37 Å². The van der Waals surface area contributed by atoms with Gasteiger partial charge in [0.15, 0.2) is 11.6 Å². The Morgan fingerprint density at radius 2 is 2.16 bits per heavy atom. The van der Waals surface area contributed by atoms with Gasteiger partial charge in [0.1, 0.15) is 5.82 Å². The van der Waals surface area contributed by atoms with Gasteiger partial charge in [0.25, 0.3) is 0 Å². The lowest BCUT2D eigenvalue weighted by atomic mass is 10.3. The number of hydrogen-bond donors (Lipinski definition) is 2. The van der Waals surface area contributed by atoms with Crippen LogP contribution in [-0.4, -0.2) is 23.6 Å². The topological polar surface area (TPSA) is 59.1 Å². The van der Waals surface area contributed by atoms with E-state index < -0.39 is 5.82 Å². The second-order valence-corrected chi connectivity index (χ2v) is 3.77. The standard InChI is InChI=1S/C13H15FN4O/c1-3-15-13-16-7-6-12(18-13)17-9-4-5-10(14)11(8-9)19-2/h4-8H,3H2,1-2H3,(H2,15,16,17,18). The molecule has 1 aromatic heterocycles. The van der Waals surface area contributed by atoms with E-state index in [0.717, 1.165) is 6.54 Å². The van der Waals surface area contributed by atoms with Crippen LogP contribution >= 0.6 is 0 Å². The van der Waals surface area contributed by atoms with E-state index in [1.807, 2.05) is 6.92 Å². The zero-order valence-corrected chi connectivity index (χ0v) is 10.8. The van der Waals surface area contributed by atoms with Gasteiger partial charge in [-0.3, -0.25) is 0 Å². The summed E-state index contributed by atoms with van der Waals surface area (Å²) in [6, 6.07) is 6.27. The third kappa shape index (κ3) is 3.31. The molecule has 0 radical (unpaired) electrons. The SMILES string of the molecule is CCNc1nccc(Nc2ccc(F)c(OC)c2)n1. The number of rotatable bonds is 5. The molecule has 0 unspecified atom stereocenters. The Hall–Kier alpha value is -2.37. The molecule has 100 valence electrons. The summed E-state index contributed by atoms with van der Waals surface area (Å²) in [6.07, 6.45) is 1.65. The van der Waals surface area contributed by atoms with Crippen molar-refractivity contribution in [1.82, 2.24) is 9.97 Å². The van der Waals surface area contributed by atoms with Crippen molar-refractivity contribution in [2.24, 2.45) is 0 Å². The summed E-state index contributed by atoms with van der Waals surface area (Å²) in [5, 5.41) is 6.09. The molecule has 0 bridgehead atoms.